The minimum absolute atomic E-state index is 0.905. The van der Waals surface area contributed by atoms with Crippen LogP contribution in [0.2, 0.25) is 0 Å². The summed E-state index contributed by atoms with van der Waals surface area (Å²) in [5.41, 5.74) is 19.0. The van der Waals surface area contributed by atoms with Gasteiger partial charge in [-0.25, -0.2) is 13.3 Å². The molecule has 0 fully saturated rings. The first kappa shape index (κ1) is 60.3. The molecule has 3 aromatic heterocycles. The van der Waals surface area contributed by atoms with Crippen LogP contribution in [0.3, 0.4) is 0 Å². The average Bonchev–Trinajstić information content (AvgIpc) is 3.42. The molecule has 0 bridgehead atoms. The van der Waals surface area contributed by atoms with Gasteiger partial charge in [-0.1, -0.05) is 125 Å². The summed E-state index contributed by atoms with van der Waals surface area (Å²) in [6.07, 6.45) is 3.40. The number of rotatable bonds is 4. The number of hydrogen-bond donors (Lipinski definition) is 3. The third-order valence-corrected chi connectivity index (χ3v) is 8.60. The summed E-state index contributed by atoms with van der Waals surface area (Å²) in [6, 6.07) is 61.7. The maximum Gasteiger partial charge on any atom is 0.360 e. The van der Waals surface area contributed by atoms with Crippen molar-refractivity contribution in [3.63, 3.8) is 0 Å². The summed E-state index contributed by atoms with van der Waals surface area (Å²) in [7, 11) is 12.5. The zero-order valence-corrected chi connectivity index (χ0v) is 42.1. The van der Waals surface area contributed by atoms with Crippen molar-refractivity contribution in [1.29, 1.82) is 0 Å². The van der Waals surface area contributed by atoms with Crippen molar-refractivity contribution < 1.29 is 27.9 Å². The lowest BCUT2D eigenvalue weighted by Gasteiger charge is -2.05. The molecule has 0 unspecified atom stereocenters. The molecule has 356 valence electrons. The maximum atomic E-state index is 7.00. The zero-order chi connectivity index (χ0) is 50.2. The third kappa shape index (κ3) is 21.9. The summed E-state index contributed by atoms with van der Waals surface area (Å²) in [5, 5.41) is 12.0. The molecule has 9 rings (SSSR count). The van der Waals surface area contributed by atoms with Crippen LogP contribution in [0, 0.1) is 6.92 Å². The van der Waals surface area contributed by atoms with Crippen molar-refractivity contribution in [3.05, 3.63) is 200 Å². The number of para-hydroxylation sites is 1. The van der Waals surface area contributed by atoms with Crippen LogP contribution < -0.4 is 11.5 Å². The van der Waals surface area contributed by atoms with E-state index in [1.807, 2.05) is 133 Å². The van der Waals surface area contributed by atoms with Gasteiger partial charge >= 0.3 is 35.0 Å². The minimum atomic E-state index is 0.905. The van der Waals surface area contributed by atoms with Gasteiger partial charge in [0.15, 0.2) is 0 Å². The van der Waals surface area contributed by atoms with Crippen LogP contribution in [0.25, 0.3) is 66.5 Å². The molecule has 0 aliphatic carbocycles. The number of aliphatic hydroxyl groups is 1. The van der Waals surface area contributed by atoms with Crippen LogP contribution >= 0.6 is 0 Å². The predicted octanol–water partition coefficient (Wildman–Crippen LogP) is 14.6. The van der Waals surface area contributed by atoms with Crippen LogP contribution in [0.5, 0.6) is 0 Å². The van der Waals surface area contributed by atoms with Crippen LogP contribution in [0.1, 0.15) is 33.3 Å². The molecule has 6 aromatic carbocycles. The molecule has 0 aliphatic heterocycles. The van der Waals surface area contributed by atoms with Crippen LogP contribution in [-0.4, -0.2) is 66.8 Å². The van der Waals surface area contributed by atoms with Gasteiger partial charge in [0, 0.05) is 71.8 Å². The van der Waals surface area contributed by atoms with E-state index in [1.165, 1.54) is 41.9 Å². The standard InChI is InChI=1S/C21H15O.C16H13O.C9H7O.C3H9NO.C2H6O.2C2H6.2CH5N.CH4O/c1-2-6-16(7-3-1)17-11-13-18(14-12-17)19-8-4-10-21-20(19)9-5-15-22-21;1-12-7-9-16-14(11-12)8-10-15(17-16)13-5-3-2-4-6-13;1-2-6-9-8(4-1)5-3-7-10-9;1-4(2)5-3;1-3-2;5*1-2/h1-15H;2-11H,1H3;1-7H;1-3H3;1-2H3;2*1-2H3;2*2H2,1H3;2H,1H3/q3*+1;;;;;;;. The molecular formula is C58H76N3O6+3. The van der Waals surface area contributed by atoms with E-state index >= 15 is 0 Å². The molecule has 0 aliphatic rings. The lowest BCUT2D eigenvalue weighted by molar-refractivity contribution is -0.0855. The smallest absolute Gasteiger partial charge is 0.360 e. The van der Waals surface area contributed by atoms with E-state index < -0.39 is 0 Å². The second kappa shape index (κ2) is 38.6. The summed E-state index contributed by atoms with van der Waals surface area (Å²) in [5.74, 6) is 0.905. The number of hydroxylamine groups is 2. The van der Waals surface area contributed by atoms with E-state index in [9.17, 15) is 0 Å². The van der Waals surface area contributed by atoms with Crippen LogP contribution in [0.15, 0.2) is 208 Å². The molecule has 0 spiro atoms. The molecule has 67 heavy (non-hydrogen) atoms. The van der Waals surface area contributed by atoms with Crippen molar-refractivity contribution in [2.24, 2.45) is 11.5 Å². The van der Waals surface area contributed by atoms with Gasteiger partial charge in [0.05, 0.1) is 28.8 Å². The van der Waals surface area contributed by atoms with E-state index in [0.29, 0.717) is 0 Å². The number of nitrogens with zero attached hydrogens (tertiary/aromatic N) is 1. The van der Waals surface area contributed by atoms with Crippen molar-refractivity contribution >= 4 is 32.9 Å². The van der Waals surface area contributed by atoms with Crippen molar-refractivity contribution in [2.75, 3.05) is 56.6 Å². The number of nitrogens with two attached hydrogens (primary N) is 2. The number of methoxy groups -OCH3 is 1. The highest BCUT2D eigenvalue weighted by Gasteiger charge is 2.14. The number of fused-ring (bicyclic) bond motifs is 3. The Kier molecular flexibility index (Phi) is 34.7. The third-order valence-electron chi connectivity index (χ3n) is 8.60. The average molecular weight is 911 g/mol. The second-order valence-corrected chi connectivity index (χ2v) is 13.0. The first-order valence-corrected chi connectivity index (χ1v) is 22.2. The normalized spacial score (nSPS) is 9.15. The van der Waals surface area contributed by atoms with Crippen molar-refractivity contribution in [2.45, 2.75) is 34.6 Å². The fourth-order valence-electron chi connectivity index (χ4n) is 5.74. The van der Waals surface area contributed by atoms with E-state index in [1.54, 1.807) is 38.9 Å². The molecule has 0 saturated heterocycles. The number of aryl methyl sites for hydroxylation is 1. The first-order valence-electron chi connectivity index (χ1n) is 22.2. The van der Waals surface area contributed by atoms with Gasteiger partial charge in [0.25, 0.3) is 0 Å². The Bertz CT molecular complexity index is 2480. The van der Waals surface area contributed by atoms with Gasteiger partial charge in [-0.3, -0.25) is 0 Å². The summed E-state index contributed by atoms with van der Waals surface area (Å²) in [4.78, 5) is 4.58. The molecule has 0 atom stereocenters. The molecule has 0 amide bonds. The largest absolute Gasteiger partial charge is 0.400 e. The Labute approximate surface area is 400 Å². The monoisotopic (exact) mass is 911 g/mol. The summed E-state index contributed by atoms with van der Waals surface area (Å²) < 4.78 is 20.9. The van der Waals surface area contributed by atoms with Crippen molar-refractivity contribution in [1.82, 2.24) is 5.06 Å². The van der Waals surface area contributed by atoms with Gasteiger partial charge < -0.3 is 26.1 Å². The Morgan fingerprint density at radius 2 is 0.910 bits per heavy atom. The highest BCUT2D eigenvalue weighted by molar-refractivity contribution is 5.93. The number of benzene rings is 6. The highest BCUT2D eigenvalue weighted by Crippen LogP contribution is 2.30. The SMILES string of the molecule is CC.CC.CN.CN.CO.COC.CON(C)C.Cc1ccc2[o+]c(-c3ccccc3)ccc2c1.c1ccc(-c2ccc(-c3cccc4[o+]cccc34)cc2)cc1.c1ccc2[o+]cccc2c1. The minimum Gasteiger partial charge on any atom is -0.400 e. The lowest BCUT2D eigenvalue weighted by Crippen LogP contribution is -2.07. The van der Waals surface area contributed by atoms with Gasteiger partial charge in [-0.05, 0) is 97.4 Å². The van der Waals surface area contributed by atoms with Crippen LogP contribution in [-0.2, 0) is 9.57 Å². The molecule has 0 radical (unpaired) electrons. The molecule has 0 saturated carbocycles. The molecule has 9 nitrogen and oxygen atoms in total. The predicted molar refractivity (Wildman–Crippen MR) is 288 cm³/mol. The molecule has 9 heteroatoms. The summed E-state index contributed by atoms with van der Waals surface area (Å²) in [6.45, 7) is 10.1. The quantitative estimate of drug-likeness (QED) is 0.117. The van der Waals surface area contributed by atoms with Gasteiger partial charge in [-0.2, -0.15) is 5.06 Å². The van der Waals surface area contributed by atoms with Gasteiger partial charge in [0.2, 0.25) is 0 Å². The Hall–Kier alpha value is -6.69. The number of ether oxygens (including phenoxy) is 1. The maximum absolute atomic E-state index is 7.00. The topological polar surface area (TPSA) is 128 Å². The number of aliphatic hydroxyl groups excluding tert-OH is 1. The molecule has 5 N–H and O–H groups in total. The van der Waals surface area contributed by atoms with E-state index in [4.69, 9.17) is 18.4 Å². The Balaban J connectivity index is 0.000000859. The first-order chi connectivity index (χ1) is 32.9. The van der Waals surface area contributed by atoms with Gasteiger partial charge in [-0.15, -0.1) is 0 Å². The Morgan fingerprint density at radius 3 is 1.48 bits per heavy atom. The zero-order valence-electron chi connectivity index (χ0n) is 42.1. The highest BCUT2D eigenvalue weighted by atomic mass is 16.7. The van der Waals surface area contributed by atoms with Crippen LogP contribution in [0.4, 0.5) is 0 Å². The van der Waals surface area contributed by atoms with E-state index in [2.05, 4.69) is 119 Å². The molecule has 9 aromatic rings. The fraction of sp³-hybridized carbons (Fsp3) is 0.224. The lowest BCUT2D eigenvalue weighted by atomic mass is 9.98. The fourth-order valence-corrected chi connectivity index (χ4v) is 5.74. The Morgan fingerprint density at radius 1 is 0.448 bits per heavy atom. The second-order valence-electron chi connectivity index (χ2n) is 13.0. The summed E-state index contributed by atoms with van der Waals surface area (Å²) >= 11 is 0. The van der Waals surface area contributed by atoms with Crippen molar-refractivity contribution in [3.8, 4) is 33.6 Å². The number of hydrogen-bond acceptors (Lipinski definition) is 6. The van der Waals surface area contributed by atoms with E-state index in [0.717, 1.165) is 51.3 Å². The molecule has 3 heterocycles. The van der Waals surface area contributed by atoms with Gasteiger partial charge in [0.1, 0.15) is 0 Å². The molecular weight excluding hydrogens is 835 g/mol. The van der Waals surface area contributed by atoms with E-state index in [-0.39, 0.29) is 0 Å².